The molecule has 10 heavy (non-hydrogen) atoms. The Morgan fingerprint density at radius 1 is 1.40 bits per heavy atom. The van der Waals surface area contributed by atoms with Crippen molar-refractivity contribution in [2.24, 2.45) is 0 Å². The molecule has 0 N–H and O–H groups in total. The van der Waals surface area contributed by atoms with Crippen LogP contribution < -0.4 is 5.01 Å². The third kappa shape index (κ3) is 1.32. The summed E-state index contributed by atoms with van der Waals surface area (Å²) in [6.45, 7) is 6.33. The predicted octanol–water partition coefficient (Wildman–Crippen LogP) is 1.27. The molecule has 0 aromatic carbocycles. The summed E-state index contributed by atoms with van der Waals surface area (Å²) < 4.78 is 1.99. The van der Waals surface area contributed by atoms with Gasteiger partial charge in [-0.1, -0.05) is 0 Å². The maximum Gasteiger partial charge on any atom is 0.0878 e. The summed E-state index contributed by atoms with van der Waals surface area (Å²) >= 11 is 0. The molecule has 2 nitrogen and oxygen atoms in total. The third-order valence-corrected chi connectivity index (χ3v) is 1.57. The molecule has 0 saturated heterocycles. The lowest BCUT2D eigenvalue weighted by Gasteiger charge is -2.21. The molecule has 1 heterocycles. The van der Waals surface area contributed by atoms with Crippen LogP contribution in [-0.4, -0.2) is 17.8 Å². The van der Waals surface area contributed by atoms with Crippen LogP contribution in [0.3, 0.4) is 0 Å². The molecule has 55 valence electrons. The Morgan fingerprint density at radius 2 is 2.10 bits per heavy atom. The van der Waals surface area contributed by atoms with Crippen molar-refractivity contribution in [3.63, 3.8) is 0 Å². The minimum atomic E-state index is 1.03. The highest BCUT2D eigenvalue weighted by Gasteiger charge is 1.95. The fourth-order valence-corrected chi connectivity index (χ4v) is 0.991. The van der Waals surface area contributed by atoms with Gasteiger partial charge in [-0.05, 0) is 26.0 Å². The van der Waals surface area contributed by atoms with Gasteiger partial charge in [-0.15, -0.1) is 0 Å². The Hall–Kier alpha value is -0.920. The maximum absolute atomic E-state index is 3.08. The molecule has 1 radical (unpaired) electrons. The van der Waals surface area contributed by atoms with Crippen LogP contribution in [0.1, 0.15) is 13.8 Å². The monoisotopic (exact) mass is 137 g/mol. The van der Waals surface area contributed by atoms with Gasteiger partial charge in [0.05, 0.1) is 6.20 Å². The third-order valence-electron chi connectivity index (χ3n) is 1.57. The van der Waals surface area contributed by atoms with E-state index in [1.807, 2.05) is 23.0 Å². The van der Waals surface area contributed by atoms with Gasteiger partial charge in [0.1, 0.15) is 0 Å². The van der Waals surface area contributed by atoms with Gasteiger partial charge >= 0.3 is 0 Å². The van der Waals surface area contributed by atoms with Gasteiger partial charge in [-0.3, -0.25) is 4.68 Å². The minimum absolute atomic E-state index is 1.03. The van der Waals surface area contributed by atoms with E-state index in [1.54, 1.807) is 0 Å². The molecule has 0 unspecified atom stereocenters. The summed E-state index contributed by atoms with van der Waals surface area (Å²) in [5, 5.41) is 2.19. The smallest absolute Gasteiger partial charge is 0.0878 e. The summed E-state index contributed by atoms with van der Waals surface area (Å²) in [5.41, 5.74) is 0. The van der Waals surface area contributed by atoms with Crippen molar-refractivity contribution in [3.8, 4) is 0 Å². The van der Waals surface area contributed by atoms with E-state index >= 15 is 0 Å². The second-order valence-electron chi connectivity index (χ2n) is 2.12. The van der Waals surface area contributed by atoms with E-state index in [-0.39, 0.29) is 0 Å². The molecule has 0 spiro atoms. The molecule has 0 amide bonds. The van der Waals surface area contributed by atoms with Crippen LogP contribution in [-0.2, 0) is 0 Å². The van der Waals surface area contributed by atoms with Crippen molar-refractivity contribution in [3.05, 3.63) is 24.5 Å². The molecule has 0 fully saturated rings. The number of rotatable bonds is 3. The van der Waals surface area contributed by atoms with E-state index in [1.165, 1.54) is 0 Å². The van der Waals surface area contributed by atoms with Crippen LogP contribution in [0.5, 0.6) is 0 Å². The second-order valence-corrected chi connectivity index (χ2v) is 2.12. The van der Waals surface area contributed by atoms with Crippen LogP contribution in [0.25, 0.3) is 0 Å². The fourth-order valence-electron chi connectivity index (χ4n) is 0.991. The van der Waals surface area contributed by atoms with E-state index in [2.05, 4.69) is 25.1 Å². The van der Waals surface area contributed by atoms with Gasteiger partial charge in [0.15, 0.2) is 0 Å². The van der Waals surface area contributed by atoms with Crippen LogP contribution in [0, 0.1) is 6.20 Å². The summed E-state index contributed by atoms with van der Waals surface area (Å²) in [7, 11) is 0. The summed E-state index contributed by atoms with van der Waals surface area (Å²) in [6.07, 6.45) is 5.09. The molecule has 1 rings (SSSR count). The van der Waals surface area contributed by atoms with Crippen molar-refractivity contribution in [2.75, 3.05) is 18.1 Å². The maximum atomic E-state index is 3.08. The highest BCUT2D eigenvalue weighted by molar-refractivity contribution is 4.94. The second kappa shape index (κ2) is 3.30. The van der Waals surface area contributed by atoms with Crippen LogP contribution in [0.4, 0.5) is 0 Å². The predicted molar refractivity (Wildman–Crippen MR) is 42.6 cm³/mol. The highest BCUT2D eigenvalue weighted by Crippen LogP contribution is 1.90. The first-order chi connectivity index (χ1) is 4.88. The quantitative estimate of drug-likeness (QED) is 0.609. The fraction of sp³-hybridized carbons (Fsp3) is 0.500. The molecule has 0 aliphatic carbocycles. The summed E-state index contributed by atoms with van der Waals surface area (Å²) in [6, 6.07) is 3.90. The zero-order valence-electron chi connectivity index (χ0n) is 6.54. The van der Waals surface area contributed by atoms with Crippen molar-refractivity contribution < 1.29 is 0 Å². The van der Waals surface area contributed by atoms with E-state index in [0.29, 0.717) is 0 Å². The zero-order valence-corrected chi connectivity index (χ0v) is 6.54. The number of hydrogen-bond donors (Lipinski definition) is 0. The first-order valence-corrected chi connectivity index (χ1v) is 3.68. The average Bonchev–Trinajstić information content (AvgIpc) is 2.43. The molecule has 0 bridgehead atoms. The SMILES string of the molecule is CCN(CC)n1[c]ccc1. The lowest BCUT2D eigenvalue weighted by molar-refractivity contribution is 0.619. The van der Waals surface area contributed by atoms with Gasteiger partial charge in [0.2, 0.25) is 0 Å². The number of hydrogen-bond acceptors (Lipinski definition) is 1. The normalized spacial score (nSPS) is 9.80. The Bertz CT molecular complexity index is 163. The molecular formula is C8H13N2. The van der Waals surface area contributed by atoms with E-state index in [0.717, 1.165) is 13.1 Å². The summed E-state index contributed by atoms with van der Waals surface area (Å²) in [5.74, 6) is 0. The van der Waals surface area contributed by atoms with Gasteiger partial charge in [0, 0.05) is 19.3 Å². The van der Waals surface area contributed by atoms with Crippen molar-refractivity contribution in [1.29, 1.82) is 0 Å². The van der Waals surface area contributed by atoms with Crippen LogP contribution in [0.2, 0.25) is 0 Å². The van der Waals surface area contributed by atoms with Crippen molar-refractivity contribution in [2.45, 2.75) is 13.8 Å². The Labute approximate surface area is 62.0 Å². The molecule has 1 aromatic heterocycles. The van der Waals surface area contributed by atoms with Gasteiger partial charge in [0.25, 0.3) is 0 Å². The molecule has 0 aliphatic heterocycles. The van der Waals surface area contributed by atoms with Crippen molar-refractivity contribution >= 4 is 0 Å². The van der Waals surface area contributed by atoms with E-state index in [4.69, 9.17) is 0 Å². The first-order valence-electron chi connectivity index (χ1n) is 3.68. The largest absolute Gasteiger partial charge is 0.313 e. The molecule has 0 aliphatic rings. The minimum Gasteiger partial charge on any atom is -0.313 e. The highest BCUT2D eigenvalue weighted by atomic mass is 15.5. The Morgan fingerprint density at radius 3 is 2.50 bits per heavy atom. The van der Waals surface area contributed by atoms with Crippen molar-refractivity contribution in [1.82, 2.24) is 4.68 Å². The van der Waals surface area contributed by atoms with E-state index < -0.39 is 0 Å². The van der Waals surface area contributed by atoms with Gasteiger partial charge in [-0.25, -0.2) is 0 Å². The lowest BCUT2D eigenvalue weighted by Crippen LogP contribution is -2.32. The van der Waals surface area contributed by atoms with E-state index in [9.17, 15) is 0 Å². The van der Waals surface area contributed by atoms with Crippen LogP contribution >= 0.6 is 0 Å². The van der Waals surface area contributed by atoms with Crippen LogP contribution in [0.15, 0.2) is 18.3 Å². The first kappa shape index (κ1) is 7.19. The molecule has 1 aromatic rings. The standard InChI is InChI=1S/C8H13N2/c1-3-9(4-2)10-7-5-6-8-10/h5-7H,3-4H2,1-2H3. The number of nitrogens with zero attached hydrogens (tertiary/aromatic N) is 2. The molecular weight excluding hydrogens is 124 g/mol. The Balaban J connectivity index is 2.64. The summed E-state index contributed by atoms with van der Waals surface area (Å²) in [4.78, 5) is 0. The van der Waals surface area contributed by atoms with Gasteiger partial charge < -0.3 is 5.01 Å². The topological polar surface area (TPSA) is 8.17 Å². The molecule has 0 atom stereocenters. The molecule has 0 saturated carbocycles. The Kier molecular flexibility index (Phi) is 2.37. The lowest BCUT2D eigenvalue weighted by atomic mass is 10.6. The average molecular weight is 137 g/mol. The molecule has 2 heteroatoms. The van der Waals surface area contributed by atoms with Gasteiger partial charge in [-0.2, -0.15) is 0 Å². The zero-order chi connectivity index (χ0) is 7.40. The number of aromatic nitrogens is 1.